The Labute approximate surface area is 194 Å². The SMILES string of the molecule is CCOC(=O)C1(Cn2ncc3nc(N(C)c4ccc(Cl)c(Cl)c4)[nH]c(=O)c32)CCNCC1. The Kier molecular flexibility index (Phi) is 6.41. The van der Waals surface area contributed by atoms with Crippen molar-refractivity contribution < 1.29 is 9.53 Å². The van der Waals surface area contributed by atoms with Crippen LogP contribution in [0.2, 0.25) is 10.0 Å². The van der Waals surface area contributed by atoms with E-state index in [2.05, 4.69) is 20.4 Å². The van der Waals surface area contributed by atoms with Crippen molar-refractivity contribution in [2.75, 3.05) is 31.6 Å². The Morgan fingerprint density at radius 1 is 1.28 bits per heavy atom. The number of ether oxygens (including phenoxy) is 1. The molecule has 3 aromatic rings. The van der Waals surface area contributed by atoms with Crippen LogP contribution in [0.25, 0.3) is 11.0 Å². The largest absolute Gasteiger partial charge is 0.466 e. The number of anilines is 2. The van der Waals surface area contributed by atoms with Gasteiger partial charge in [0.1, 0.15) is 5.52 Å². The number of aromatic amines is 1. The summed E-state index contributed by atoms with van der Waals surface area (Å²) in [6.07, 6.45) is 2.75. The molecule has 0 radical (unpaired) electrons. The number of hydrogen-bond acceptors (Lipinski definition) is 7. The summed E-state index contributed by atoms with van der Waals surface area (Å²) in [5.41, 5.74) is 0.386. The smallest absolute Gasteiger partial charge is 0.314 e. The number of halogens is 2. The Morgan fingerprint density at radius 2 is 2.03 bits per heavy atom. The number of hydrogen-bond donors (Lipinski definition) is 2. The minimum atomic E-state index is -0.734. The normalized spacial score (nSPS) is 15.6. The molecule has 9 nitrogen and oxygen atoms in total. The minimum Gasteiger partial charge on any atom is -0.466 e. The Balaban J connectivity index is 1.69. The average Bonchev–Trinajstić information content (AvgIpc) is 3.19. The highest BCUT2D eigenvalue weighted by Crippen LogP contribution is 2.33. The first-order chi connectivity index (χ1) is 15.3. The van der Waals surface area contributed by atoms with Crippen molar-refractivity contribution in [2.45, 2.75) is 26.3 Å². The number of aromatic nitrogens is 4. The van der Waals surface area contributed by atoms with Crippen LogP contribution in [0.5, 0.6) is 0 Å². The zero-order chi connectivity index (χ0) is 22.9. The highest BCUT2D eigenvalue weighted by molar-refractivity contribution is 6.42. The topological polar surface area (TPSA) is 105 Å². The summed E-state index contributed by atoms with van der Waals surface area (Å²) in [7, 11) is 1.76. The quantitative estimate of drug-likeness (QED) is 0.524. The number of H-pyrrole nitrogens is 1. The second-order valence-corrected chi connectivity index (χ2v) is 8.65. The van der Waals surface area contributed by atoms with E-state index in [4.69, 9.17) is 27.9 Å². The van der Waals surface area contributed by atoms with Gasteiger partial charge in [-0.2, -0.15) is 5.10 Å². The Bertz CT molecular complexity index is 1200. The van der Waals surface area contributed by atoms with Gasteiger partial charge in [-0.3, -0.25) is 19.3 Å². The summed E-state index contributed by atoms with van der Waals surface area (Å²) < 4.78 is 6.92. The van der Waals surface area contributed by atoms with Crippen molar-refractivity contribution >= 4 is 51.8 Å². The van der Waals surface area contributed by atoms with Crippen LogP contribution in [0.15, 0.2) is 29.2 Å². The number of rotatable bonds is 6. The van der Waals surface area contributed by atoms with Gasteiger partial charge in [0.15, 0.2) is 5.52 Å². The number of nitrogens with one attached hydrogen (secondary N) is 2. The summed E-state index contributed by atoms with van der Waals surface area (Å²) in [5.74, 6) is 0.0768. The maximum Gasteiger partial charge on any atom is 0.314 e. The molecule has 0 bridgehead atoms. The van der Waals surface area contributed by atoms with Gasteiger partial charge >= 0.3 is 5.97 Å². The summed E-state index contributed by atoms with van der Waals surface area (Å²) >= 11 is 12.1. The number of piperidine rings is 1. The lowest BCUT2D eigenvalue weighted by Crippen LogP contribution is -2.46. The van der Waals surface area contributed by atoms with E-state index in [-0.39, 0.29) is 18.1 Å². The highest BCUT2D eigenvalue weighted by atomic mass is 35.5. The fraction of sp³-hybridized carbons (Fsp3) is 0.429. The summed E-state index contributed by atoms with van der Waals surface area (Å²) in [6.45, 7) is 3.75. The van der Waals surface area contributed by atoms with Crippen LogP contribution in [0.1, 0.15) is 19.8 Å². The van der Waals surface area contributed by atoms with Crippen LogP contribution in [0, 0.1) is 5.41 Å². The molecule has 0 saturated carbocycles. The lowest BCUT2D eigenvalue weighted by atomic mass is 9.79. The number of benzene rings is 1. The molecule has 0 spiro atoms. The molecule has 170 valence electrons. The van der Waals surface area contributed by atoms with Gasteiger partial charge in [-0.25, -0.2) is 4.98 Å². The average molecular weight is 479 g/mol. The van der Waals surface area contributed by atoms with E-state index in [9.17, 15) is 9.59 Å². The molecule has 11 heteroatoms. The molecule has 32 heavy (non-hydrogen) atoms. The third-order valence-electron chi connectivity index (χ3n) is 5.82. The second kappa shape index (κ2) is 9.09. The third kappa shape index (κ3) is 4.20. The van der Waals surface area contributed by atoms with Crippen molar-refractivity contribution in [3.05, 3.63) is 44.8 Å². The molecule has 1 fully saturated rings. The maximum absolute atomic E-state index is 13.0. The molecular formula is C21H24Cl2N6O3. The Morgan fingerprint density at radius 3 is 2.72 bits per heavy atom. The summed E-state index contributed by atoms with van der Waals surface area (Å²) in [4.78, 5) is 34.9. The van der Waals surface area contributed by atoms with Crippen LogP contribution >= 0.6 is 23.2 Å². The molecule has 0 unspecified atom stereocenters. The van der Waals surface area contributed by atoms with E-state index in [1.807, 2.05) is 0 Å². The predicted molar refractivity (Wildman–Crippen MR) is 124 cm³/mol. The van der Waals surface area contributed by atoms with E-state index < -0.39 is 5.41 Å². The summed E-state index contributed by atoms with van der Waals surface area (Å²) in [6, 6.07) is 5.15. The molecule has 1 aliphatic rings. The van der Waals surface area contributed by atoms with Crippen LogP contribution in [0.3, 0.4) is 0 Å². The first-order valence-electron chi connectivity index (χ1n) is 10.4. The first-order valence-corrected chi connectivity index (χ1v) is 11.1. The number of carbonyl (C=O) groups is 1. The van der Waals surface area contributed by atoms with Gasteiger partial charge in [0.25, 0.3) is 5.56 Å². The van der Waals surface area contributed by atoms with Crippen molar-refractivity contribution in [3.8, 4) is 0 Å². The fourth-order valence-corrected chi connectivity index (χ4v) is 4.28. The number of carbonyl (C=O) groups excluding carboxylic acids is 1. The molecule has 0 atom stereocenters. The van der Waals surface area contributed by atoms with Gasteiger partial charge in [-0.15, -0.1) is 0 Å². The minimum absolute atomic E-state index is 0.254. The first kappa shape index (κ1) is 22.6. The van der Waals surface area contributed by atoms with Crippen LogP contribution in [-0.4, -0.2) is 52.5 Å². The van der Waals surface area contributed by atoms with Crippen molar-refractivity contribution in [1.82, 2.24) is 25.1 Å². The van der Waals surface area contributed by atoms with E-state index in [0.29, 0.717) is 65.3 Å². The number of fused-ring (bicyclic) bond motifs is 1. The van der Waals surface area contributed by atoms with Gasteiger partial charge < -0.3 is 15.0 Å². The summed E-state index contributed by atoms with van der Waals surface area (Å²) in [5, 5.41) is 8.49. The molecule has 3 heterocycles. The molecular weight excluding hydrogens is 455 g/mol. The Hall–Kier alpha value is -2.62. The van der Waals surface area contributed by atoms with Gasteiger partial charge in [-0.1, -0.05) is 23.2 Å². The lowest BCUT2D eigenvalue weighted by Gasteiger charge is -2.35. The van der Waals surface area contributed by atoms with Crippen LogP contribution < -0.4 is 15.8 Å². The molecule has 2 N–H and O–H groups in total. The highest BCUT2D eigenvalue weighted by Gasteiger charge is 2.42. The number of nitrogens with zero attached hydrogens (tertiary/aromatic N) is 4. The number of esters is 1. The monoisotopic (exact) mass is 478 g/mol. The second-order valence-electron chi connectivity index (χ2n) is 7.83. The van der Waals surface area contributed by atoms with Crippen molar-refractivity contribution in [1.29, 1.82) is 0 Å². The lowest BCUT2D eigenvalue weighted by molar-refractivity contribution is -0.158. The molecule has 4 rings (SSSR count). The fourth-order valence-electron chi connectivity index (χ4n) is 3.99. The van der Waals surface area contributed by atoms with Crippen LogP contribution in [-0.2, 0) is 16.1 Å². The molecule has 1 aromatic carbocycles. The predicted octanol–water partition coefficient (Wildman–Crippen LogP) is 3.13. The maximum atomic E-state index is 13.0. The van der Waals surface area contributed by atoms with Crippen molar-refractivity contribution in [2.24, 2.45) is 5.41 Å². The van der Waals surface area contributed by atoms with Gasteiger partial charge in [0.05, 0.1) is 34.8 Å². The van der Waals surface area contributed by atoms with E-state index in [0.717, 1.165) is 0 Å². The molecule has 2 aromatic heterocycles. The van der Waals surface area contributed by atoms with E-state index >= 15 is 0 Å². The zero-order valence-electron chi connectivity index (χ0n) is 17.8. The zero-order valence-corrected chi connectivity index (χ0v) is 19.3. The third-order valence-corrected chi connectivity index (χ3v) is 6.56. The standard InChI is InChI=1S/C21H24Cl2N6O3/c1-3-32-19(31)21(6-8-24-9-7-21)12-29-17-16(11-25-29)26-20(27-18(17)30)28(2)13-4-5-14(22)15(23)10-13/h4-5,10-11,24H,3,6-9,12H2,1-2H3,(H,26,27,30). The van der Waals surface area contributed by atoms with Crippen molar-refractivity contribution in [3.63, 3.8) is 0 Å². The van der Waals surface area contributed by atoms with Crippen LogP contribution in [0.4, 0.5) is 11.6 Å². The van der Waals surface area contributed by atoms with E-state index in [1.54, 1.807) is 41.8 Å². The molecule has 1 saturated heterocycles. The van der Waals surface area contributed by atoms with Gasteiger partial charge in [0, 0.05) is 12.7 Å². The van der Waals surface area contributed by atoms with Gasteiger partial charge in [0.2, 0.25) is 5.95 Å². The molecule has 0 aliphatic carbocycles. The molecule has 0 amide bonds. The molecule has 1 aliphatic heterocycles. The van der Waals surface area contributed by atoms with Gasteiger partial charge in [-0.05, 0) is 51.1 Å². The van der Waals surface area contributed by atoms with E-state index in [1.165, 1.54) is 6.20 Å².